The minimum Gasteiger partial charge on any atom is -0.496 e. The molecule has 0 saturated carbocycles. The molecule has 3 nitrogen and oxygen atoms in total. The van der Waals surface area contributed by atoms with Gasteiger partial charge in [0.15, 0.2) is 0 Å². The highest BCUT2D eigenvalue weighted by molar-refractivity contribution is 6.30. The van der Waals surface area contributed by atoms with Crippen LogP contribution in [0.3, 0.4) is 0 Å². The number of esters is 1. The Morgan fingerprint density at radius 2 is 1.83 bits per heavy atom. The molecule has 2 rings (SSSR count). The van der Waals surface area contributed by atoms with Gasteiger partial charge in [-0.3, -0.25) is 0 Å². The zero-order valence-electron chi connectivity index (χ0n) is 13.1. The van der Waals surface area contributed by atoms with Crippen molar-refractivity contribution in [2.45, 2.75) is 6.92 Å². The fraction of sp³-hybridized carbons (Fsp3) is 0.167. The first-order chi connectivity index (χ1) is 11.5. The molecule has 0 bridgehead atoms. The van der Waals surface area contributed by atoms with Crippen molar-refractivity contribution in [3.63, 3.8) is 0 Å². The second-order valence-corrected chi connectivity index (χ2v) is 5.20. The molecule has 0 aliphatic heterocycles. The van der Waals surface area contributed by atoms with E-state index in [1.807, 2.05) is 0 Å². The second kappa shape index (κ2) is 7.93. The molecule has 126 valence electrons. The largest absolute Gasteiger partial charge is 0.496 e. The molecule has 0 fully saturated rings. The lowest BCUT2D eigenvalue weighted by atomic mass is 9.96. The number of benzene rings is 2. The molecular formula is C18H15ClF2O3. The van der Waals surface area contributed by atoms with Crippen LogP contribution in [0.4, 0.5) is 8.78 Å². The molecule has 0 amide bonds. The van der Waals surface area contributed by atoms with Crippen LogP contribution in [0, 0.1) is 5.82 Å². The Bertz CT molecular complexity index is 770. The summed E-state index contributed by atoms with van der Waals surface area (Å²) in [6.07, 6.45) is 0. The average Bonchev–Trinajstić information content (AvgIpc) is 2.58. The molecule has 0 unspecified atom stereocenters. The first-order valence-electron chi connectivity index (χ1n) is 7.14. The summed E-state index contributed by atoms with van der Waals surface area (Å²) in [7, 11) is 1.40. The van der Waals surface area contributed by atoms with E-state index in [9.17, 15) is 13.6 Å². The Hall–Kier alpha value is -2.40. The average molecular weight is 353 g/mol. The van der Waals surface area contributed by atoms with E-state index in [4.69, 9.17) is 21.1 Å². The Morgan fingerprint density at radius 3 is 2.42 bits per heavy atom. The number of hydrogen-bond donors (Lipinski definition) is 0. The second-order valence-electron chi connectivity index (χ2n) is 4.76. The van der Waals surface area contributed by atoms with Crippen molar-refractivity contribution >= 4 is 23.1 Å². The van der Waals surface area contributed by atoms with Crippen LogP contribution in [0.2, 0.25) is 5.02 Å². The van der Waals surface area contributed by atoms with Crippen LogP contribution in [0.25, 0.3) is 5.57 Å². The lowest BCUT2D eigenvalue weighted by Crippen LogP contribution is -2.08. The highest BCUT2D eigenvalue weighted by Gasteiger charge is 2.22. The van der Waals surface area contributed by atoms with Crippen molar-refractivity contribution in [2.75, 3.05) is 13.7 Å². The minimum atomic E-state index is -1.10. The van der Waals surface area contributed by atoms with Gasteiger partial charge < -0.3 is 9.47 Å². The van der Waals surface area contributed by atoms with E-state index in [1.165, 1.54) is 43.5 Å². The van der Waals surface area contributed by atoms with E-state index >= 15 is 0 Å². The van der Waals surface area contributed by atoms with Crippen molar-refractivity contribution in [1.29, 1.82) is 0 Å². The van der Waals surface area contributed by atoms with Gasteiger partial charge in [-0.05, 0) is 42.8 Å². The number of carbonyl (C=O) groups is 1. The Kier molecular flexibility index (Phi) is 5.93. The monoisotopic (exact) mass is 352 g/mol. The molecule has 0 spiro atoms. The number of carbonyl (C=O) groups excluding carboxylic acids is 1. The number of hydrogen-bond acceptors (Lipinski definition) is 3. The number of rotatable bonds is 5. The molecule has 0 aliphatic carbocycles. The van der Waals surface area contributed by atoms with Crippen molar-refractivity contribution in [3.8, 4) is 5.75 Å². The summed E-state index contributed by atoms with van der Waals surface area (Å²) in [5, 5.41) is 0.394. The molecule has 2 aromatic carbocycles. The summed E-state index contributed by atoms with van der Waals surface area (Å²) in [5.41, 5.74) is 0.559. The predicted molar refractivity (Wildman–Crippen MR) is 88.2 cm³/mol. The topological polar surface area (TPSA) is 35.5 Å². The smallest absolute Gasteiger partial charge is 0.367 e. The van der Waals surface area contributed by atoms with Crippen LogP contribution in [-0.4, -0.2) is 19.7 Å². The number of ether oxygens (including phenoxy) is 2. The zero-order valence-corrected chi connectivity index (χ0v) is 13.9. The molecule has 0 N–H and O–H groups in total. The van der Waals surface area contributed by atoms with Crippen molar-refractivity contribution in [3.05, 3.63) is 70.3 Å². The third kappa shape index (κ3) is 3.92. The highest BCUT2D eigenvalue weighted by Crippen LogP contribution is 2.36. The fourth-order valence-electron chi connectivity index (χ4n) is 2.19. The van der Waals surface area contributed by atoms with E-state index in [2.05, 4.69) is 0 Å². The van der Waals surface area contributed by atoms with E-state index in [1.54, 1.807) is 13.0 Å². The molecule has 0 radical (unpaired) electrons. The standard InChI is InChI=1S/C18H15ClF2O3/c1-3-24-18(22)17(21)16(11-4-7-13(20)8-5-11)14-9-6-12(19)10-15(14)23-2/h4-10H,3H2,1-2H3. The number of halogens is 3. The van der Waals surface area contributed by atoms with E-state index < -0.39 is 17.6 Å². The van der Waals surface area contributed by atoms with Crippen molar-refractivity contribution in [1.82, 2.24) is 0 Å². The van der Waals surface area contributed by atoms with Gasteiger partial charge >= 0.3 is 5.97 Å². The van der Waals surface area contributed by atoms with Crippen molar-refractivity contribution in [2.24, 2.45) is 0 Å². The van der Waals surface area contributed by atoms with Crippen LogP contribution in [0.5, 0.6) is 5.75 Å². The van der Waals surface area contributed by atoms with Gasteiger partial charge in [-0.15, -0.1) is 0 Å². The van der Waals surface area contributed by atoms with Gasteiger partial charge in [0.05, 0.1) is 13.7 Å². The quantitative estimate of drug-likeness (QED) is 0.574. The molecule has 0 aromatic heterocycles. The van der Waals surface area contributed by atoms with Gasteiger partial charge in [0, 0.05) is 16.2 Å². The summed E-state index contributed by atoms with van der Waals surface area (Å²) >= 11 is 5.93. The summed E-state index contributed by atoms with van der Waals surface area (Å²) < 4.78 is 37.9. The molecule has 6 heteroatoms. The maximum atomic E-state index is 14.8. The van der Waals surface area contributed by atoms with Crippen LogP contribution in [0.1, 0.15) is 18.1 Å². The molecule has 0 saturated heterocycles. The van der Waals surface area contributed by atoms with Gasteiger partial charge in [0.2, 0.25) is 5.83 Å². The van der Waals surface area contributed by atoms with Gasteiger partial charge in [-0.1, -0.05) is 23.7 Å². The van der Waals surface area contributed by atoms with Crippen LogP contribution >= 0.6 is 11.6 Å². The van der Waals surface area contributed by atoms with Gasteiger partial charge in [-0.2, -0.15) is 4.39 Å². The van der Waals surface area contributed by atoms with Gasteiger partial charge in [0.1, 0.15) is 11.6 Å². The summed E-state index contributed by atoms with van der Waals surface area (Å²) in [6.45, 7) is 1.60. The Balaban J connectivity index is 2.70. The number of methoxy groups -OCH3 is 1. The van der Waals surface area contributed by atoms with E-state index in [-0.39, 0.29) is 17.9 Å². The van der Waals surface area contributed by atoms with Gasteiger partial charge in [0.25, 0.3) is 0 Å². The van der Waals surface area contributed by atoms with Crippen molar-refractivity contribution < 1.29 is 23.0 Å². The maximum absolute atomic E-state index is 14.8. The third-order valence-corrected chi connectivity index (χ3v) is 3.48. The lowest BCUT2D eigenvalue weighted by molar-refractivity contribution is -0.140. The van der Waals surface area contributed by atoms with Crippen LogP contribution in [0.15, 0.2) is 48.3 Å². The predicted octanol–water partition coefficient (Wildman–Crippen LogP) is 4.78. The minimum absolute atomic E-state index is 0.0285. The maximum Gasteiger partial charge on any atom is 0.367 e. The molecular weight excluding hydrogens is 338 g/mol. The SMILES string of the molecule is CCOC(=O)C(F)=C(c1ccc(F)cc1)c1ccc(Cl)cc1OC. The summed E-state index contributed by atoms with van der Waals surface area (Å²) in [4.78, 5) is 11.9. The highest BCUT2D eigenvalue weighted by atomic mass is 35.5. The summed E-state index contributed by atoms with van der Waals surface area (Å²) in [5.74, 6) is -2.39. The zero-order chi connectivity index (χ0) is 17.7. The normalized spacial score (nSPS) is 11.7. The van der Waals surface area contributed by atoms with Gasteiger partial charge in [-0.25, -0.2) is 9.18 Å². The molecule has 0 aliphatic rings. The van der Waals surface area contributed by atoms with E-state index in [0.29, 0.717) is 16.1 Å². The molecule has 0 heterocycles. The summed E-state index contributed by atoms with van der Waals surface area (Å²) in [6, 6.07) is 9.67. The Morgan fingerprint density at radius 1 is 1.17 bits per heavy atom. The first kappa shape index (κ1) is 17.9. The molecule has 0 atom stereocenters. The Labute approximate surface area is 143 Å². The first-order valence-corrected chi connectivity index (χ1v) is 7.52. The molecule has 2 aromatic rings. The molecule has 24 heavy (non-hydrogen) atoms. The lowest BCUT2D eigenvalue weighted by Gasteiger charge is -2.14. The fourth-order valence-corrected chi connectivity index (χ4v) is 2.35. The van der Waals surface area contributed by atoms with Crippen LogP contribution < -0.4 is 4.74 Å². The van der Waals surface area contributed by atoms with E-state index in [0.717, 1.165) is 0 Å². The van der Waals surface area contributed by atoms with Crippen LogP contribution in [-0.2, 0) is 9.53 Å². The third-order valence-electron chi connectivity index (χ3n) is 3.24.